The van der Waals surface area contributed by atoms with E-state index in [4.69, 9.17) is 9.47 Å². The Labute approximate surface area is 139 Å². The largest absolute Gasteiger partial charge is 0.347 e. The Morgan fingerprint density at radius 1 is 1.12 bits per heavy atom. The van der Waals surface area contributed by atoms with Gasteiger partial charge in [-0.1, -0.05) is 12.1 Å². The lowest BCUT2D eigenvalue weighted by Crippen LogP contribution is -2.43. The van der Waals surface area contributed by atoms with Gasteiger partial charge in [0.25, 0.3) is 0 Å². The van der Waals surface area contributed by atoms with Gasteiger partial charge in [0.1, 0.15) is 11.9 Å². The van der Waals surface area contributed by atoms with Gasteiger partial charge in [0.05, 0.1) is 6.61 Å². The number of ether oxygens (including phenoxy) is 2. The molecule has 1 aliphatic heterocycles. The molecule has 1 aromatic carbocycles. The molecule has 24 heavy (non-hydrogen) atoms. The minimum atomic E-state index is -0.728. The fourth-order valence-corrected chi connectivity index (χ4v) is 3.04. The van der Waals surface area contributed by atoms with Gasteiger partial charge < -0.3 is 20.1 Å². The predicted molar refractivity (Wildman–Crippen MR) is 83.3 cm³/mol. The summed E-state index contributed by atoms with van der Waals surface area (Å²) in [5.74, 6) is -2.26. The highest BCUT2D eigenvalue weighted by Gasteiger charge is 2.43. The van der Waals surface area contributed by atoms with Crippen molar-refractivity contribution in [1.82, 2.24) is 10.6 Å². The minimum absolute atomic E-state index is 0.165. The molecule has 2 N–H and O–H groups in total. The fourth-order valence-electron chi connectivity index (χ4n) is 3.04. The third-order valence-corrected chi connectivity index (χ3v) is 4.34. The first-order chi connectivity index (χ1) is 11.6. The maximum atomic E-state index is 12.8. The van der Waals surface area contributed by atoms with Crippen LogP contribution in [0, 0.1) is 5.82 Å². The smallest absolute Gasteiger partial charge is 0.309 e. The van der Waals surface area contributed by atoms with E-state index in [1.165, 1.54) is 12.1 Å². The predicted octanol–water partition coefficient (Wildman–Crippen LogP) is 1.24. The van der Waals surface area contributed by atoms with Gasteiger partial charge in [-0.3, -0.25) is 9.59 Å². The van der Waals surface area contributed by atoms with Crippen LogP contribution < -0.4 is 10.6 Å². The van der Waals surface area contributed by atoms with Crippen molar-refractivity contribution in [2.45, 2.75) is 44.1 Å². The lowest BCUT2D eigenvalue weighted by atomic mass is 10.2. The van der Waals surface area contributed by atoms with Crippen molar-refractivity contribution >= 4 is 11.8 Å². The molecule has 1 spiro atoms. The van der Waals surface area contributed by atoms with Gasteiger partial charge in [-0.2, -0.15) is 0 Å². The third-order valence-electron chi connectivity index (χ3n) is 4.34. The highest BCUT2D eigenvalue weighted by Crippen LogP contribution is 2.38. The number of hydrogen-bond donors (Lipinski definition) is 2. The second-order valence-electron chi connectivity index (χ2n) is 6.19. The molecule has 0 bridgehead atoms. The van der Waals surface area contributed by atoms with E-state index in [0.29, 0.717) is 12.2 Å². The van der Waals surface area contributed by atoms with Crippen molar-refractivity contribution in [1.29, 1.82) is 0 Å². The van der Waals surface area contributed by atoms with Crippen LogP contribution in [0.4, 0.5) is 4.39 Å². The molecule has 1 heterocycles. The number of rotatable bonds is 4. The molecule has 1 aromatic rings. The molecule has 1 atom stereocenters. The molecule has 2 aliphatic rings. The summed E-state index contributed by atoms with van der Waals surface area (Å²) >= 11 is 0. The average Bonchev–Trinajstić information content (AvgIpc) is 3.22. The highest BCUT2D eigenvalue weighted by atomic mass is 19.1. The van der Waals surface area contributed by atoms with Crippen molar-refractivity contribution in [3.8, 4) is 0 Å². The minimum Gasteiger partial charge on any atom is -0.347 e. The Morgan fingerprint density at radius 2 is 1.79 bits per heavy atom. The van der Waals surface area contributed by atoms with E-state index < -0.39 is 17.6 Å². The quantitative estimate of drug-likeness (QED) is 0.811. The van der Waals surface area contributed by atoms with Crippen LogP contribution in [0.2, 0.25) is 0 Å². The van der Waals surface area contributed by atoms with E-state index in [9.17, 15) is 14.0 Å². The van der Waals surface area contributed by atoms with E-state index in [-0.39, 0.29) is 25.0 Å². The van der Waals surface area contributed by atoms with E-state index >= 15 is 0 Å². The monoisotopic (exact) mass is 336 g/mol. The Bertz CT molecular complexity index is 599. The topological polar surface area (TPSA) is 76.7 Å². The van der Waals surface area contributed by atoms with Crippen molar-refractivity contribution in [3.63, 3.8) is 0 Å². The molecule has 1 saturated heterocycles. The summed E-state index contributed by atoms with van der Waals surface area (Å²) in [6, 6.07) is 5.71. The fraction of sp³-hybridized carbons (Fsp3) is 0.529. The Balaban J connectivity index is 1.38. The molecule has 1 saturated carbocycles. The summed E-state index contributed by atoms with van der Waals surface area (Å²) in [4.78, 5) is 23.6. The van der Waals surface area contributed by atoms with Crippen LogP contribution in [0.15, 0.2) is 24.3 Å². The first-order valence-corrected chi connectivity index (χ1v) is 8.19. The summed E-state index contributed by atoms with van der Waals surface area (Å²) in [6.45, 7) is 0.834. The van der Waals surface area contributed by atoms with E-state index in [0.717, 1.165) is 25.7 Å². The third kappa shape index (κ3) is 4.10. The number of amides is 2. The van der Waals surface area contributed by atoms with Crippen LogP contribution >= 0.6 is 0 Å². The molecule has 2 amide bonds. The SMILES string of the molecule is O=C(NCc1ccc(F)cc1)C(=O)NC[C@H]1COC2(CCCC2)O1. The Hall–Kier alpha value is -1.99. The van der Waals surface area contributed by atoms with Crippen molar-refractivity contribution in [3.05, 3.63) is 35.6 Å². The Morgan fingerprint density at radius 3 is 2.50 bits per heavy atom. The zero-order valence-corrected chi connectivity index (χ0v) is 13.3. The number of carbonyl (C=O) groups excluding carboxylic acids is 2. The van der Waals surface area contributed by atoms with Gasteiger partial charge in [0.2, 0.25) is 0 Å². The van der Waals surface area contributed by atoms with Crippen LogP contribution in [0.1, 0.15) is 31.2 Å². The Kier molecular flexibility index (Phi) is 5.11. The number of hydrogen-bond acceptors (Lipinski definition) is 4. The van der Waals surface area contributed by atoms with Crippen molar-refractivity contribution in [2.24, 2.45) is 0 Å². The van der Waals surface area contributed by atoms with Crippen molar-refractivity contribution < 1.29 is 23.5 Å². The highest BCUT2D eigenvalue weighted by molar-refractivity contribution is 6.35. The van der Waals surface area contributed by atoms with Gasteiger partial charge in [-0.15, -0.1) is 0 Å². The number of benzene rings is 1. The molecule has 1 aliphatic carbocycles. The average molecular weight is 336 g/mol. The molecule has 7 heteroatoms. The maximum absolute atomic E-state index is 12.8. The molecular formula is C17H21FN2O4. The molecule has 6 nitrogen and oxygen atoms in total. The van der Waals surface area contributed by atoms with Crippen LogP contribution in [0.25, 0.3) is 0 Å². The van der Waals surface area contributed by atoms with Gasteiger partial charge >= 0.3 is 11.8 Å². The molecule has 0 unspecified atom stereocenters. The lowest BCUT2D eigenvalue weighted by Gasteiger charge is -2.21. The summed E-state index contributed by atoms with van der Waals surface area (Å²) in [5, 5.41) is 5.06. The molecule has 2 fully saturated rings. The first-order valence-electron chi connectivity index (χ1n) is 8.19. The zero-order valence-electron chi connectivity index (χ0n) is 13.3. The normalized spacial score (nSPS) is 21.8. The zero-order chi connectivity index (χ0) is 17.0. The van der Waals surface area contributed by atoms with Gasteiger partial charge in [0.15, 0.2) is 5.79 Å². The second-order valence-corrected chi connectivity index (χ2v) is 6.19. The van der Waals surface area contributed by atoms with Crippen LogP contribution in [-0.4, -0.2) is 36.9 Å². The van der Waals surface area contributed by atoms with Crippen molar-refractivity contribution in [2.75, 3.05) is 13.2 Å². The van der Waals surface area contributed by atoms with E-state index in [2.05, 4.69) is 10.6 Å². The summed E-state index contributed by atoms with van der Waals surface area (Å²) in [6.07, 6.45) is 3.72. The van der Waals surface area contributed by atoms with E-state index in [1.54, 1.807) is 12.1 Å². The lowest BCUT2D eigenvalue weighted by molar-refractivity contribution is -0.161. The van der Waals surface area contributed by atoms with Crippen LogP contribution in [0.3, 0.4) is 0 Å². The van der Waals surface area contributed by atoms with Gasteiger partial charge in [0, 0.05) is 25.9 Å². The molecule has 130 valence electrons. The summed E-state index contributed by atoms with van der Waals surface area (Å²) < 4.78 is 24.4. The van der Waals surface area contributed by atoms with E-state index in [1.807, 2.05) is 0 Å². The second kappa shape index (κ2) is 7.27. The maximum Gasteiger partial charge on any atom is 0.309 e. The van der Waals surface area contributed by atoms with Crippen LogP contribution in [0.5, 0.6) is 0 Å². The van der Waals surface area contributed by atoms with Gasteiger partial charge in [-0.25, -0.2) is 4.39 Å². The molecule has 0 radical (unpaired) electrons. The standard InChI is InChI=1S/C17H21FN2O4/c18-13-5-3-12(4-6-13)9-19-15(21)16(22)20-10-14-11-23-17(24-14)7-1-2-8-17/h3-6,14H,1-2,7-11H2,(H,19,21)(H,20,22)/t14-/m0/s1. The number of carbonyl (C=O) groups is 2. The summed E-state index contributed by atoms with van der Waals surface area (Å²) in [5.41, 5.74) is 0.716. The molecular weight excluding hydrogens is 315 g/mol. The number of nitrogens with one attached hydrogen (secondary N) is 2. The van der Waals surface area contributed by atoms with Gasteiger partial charge in [-0.05, 0) is 30.5 Å². The molecule has 0 aromatic heterocycles. The molecule has 3 rings (SSSR count). The summed E-state index contributed by atoms with van der Waals surface area (Å²) in [7, 11) is 0. The van der Waals surface area contributed by atoms with Crippen LogP contribution in [-0.2, 0) is 25.6 Å². The first kappa shape index (κ1) is 16.9. The number of halogens is 1.